The zero-order valence-corrected chi connectivity index (χ0v) is 14.9. The molecule has 0 saturated heterocycles. The molecule has 3 heteroatoms. The van der Waals surface area contributed by atoms with Crippen molar-refractivity contribution in [2.45, 2.75) is 46.6 Å². The number of rotatable bonds is 6. The third-order valence-corrected chi connectivity index (χ3v) is 4.07. The van der Waals surface area contributed by atoms with Crippen LogP contribution in [0.15, 0.2) is 24.4 Å². The molecule has 0 aliphatic heterocycles. The second kappa shape index (κ2) is 6.74. The zero-order chi connectivity index (χ0) is 16.3. The van der Waals surface area contributed by atoms with E-state index in [9.17, 15) is 0 Å². The van der Waals surface area contributed by atoms with Gasteiger partial charge in [0.2, 0.25) is 0 Å². The Morgan fingerprint density at radius 2 is 1.95 bits per heavy atom. The normalized spacial score (nSPS) is 13.8. The van der Waals surface area contributed by atoms with Gasteiger partial charge in [0.1, 0.15) is 5.75 Å². The SMILES string of the molecule is CCC(Cc1c[nH]c2ccc(OCC(C)(C)C)cc12)N(C)C. The first-order valence-electron chi connectivity index (χ1n) is 8.19. The summed E-state index contributed by atoms with van der Waals surface area (Å²) in [4.78, 5) is 5.69. The summed E-state index contributed by atoms with van der Waals surface area (Å²) in [5, 5.41) is 1.28. The number of H-pyrrole nitrogens is 1. The van der Waals surface area contributed by atoms with E-state index in [1.807, 2.05) is 0 Å². The number of nitrogens with one attached hydrogen (secondary N) is 1. The fourth-order valence-corrected chi connectivity index (χ4v) is 2.66. The maximum absolute atomic E-state index is 5.96. The predicted octanol–water partition coefficient (Wildman–Crippen LogP) is 4.48. The molecule has 0 amide bonds. The number of nitrogens with zero attached hydrogens (tertiary/aromatic N) is 1. The largest absolute Gasteiger partial charge is 0.493 e. The van der Waals surface area contributed by atoms with Gasteiger partial charge in [-0.25, -0.2) is 0 Å². The smallest absolute Gasteiger partial charge is 0.120 e. The summed E-state index contributed by atoms with van der Waals surface area (Å²) in [7, 11) is 4.31. The van der Waals surface area contributed by atoms with Crippen LogP contribution in [-0.4, -0.2) is 36.6 Å². The highest BCUT2D eigenvalue weighted by molar-refractivity contribution is 5.84. The molecule has 2 aromatic rings. The average Bonchev–Trinajstić information content (AvgIpc) is 2.83. The summed E-state index contributed by atoms with van der Waals surface area (Å²) in [6.07, 6.45) is 4.36. The van der Waals surface area contributed by atoms with E-state index in [1.54, 1.807) is 0 Å². The Labute approximate surface area is 134 Å². The summed E-state index contributed by atoms with van der Waals surface area (Å²) in [5.41, 5.74) is 2.73. The summed E-state index contributed by atoms with van der Waals surface area (Å²) in [6.45, 7) is 9.55. The molecule has 0 bridgehead atoms. The van der Waals surface area contributed by atoms with Crippen molar-refractivity contribution in [2.75, 3.05) is 20.7 Å². The maximum Gasteiger partial charge on any atom is 0.120 e. The Balaban J connectivity index is 2.21. The van der Waals surface area contributed by atoms with E-state index in [-0.39, 0.29) is 5.41 Å². The van der Waals surface area contributed by atoms with Crippen LogP contribution in [0, 0.1) is 5.41 Å². The molecular weight excluding hydrogens is 272 g/mol. The Kier molecular flexibility index (Phi) is 5.17. The first-order valence-corrected chi connectivity index (χ1v) is 8.19. The molecule has 0 aliphatic carbocycles. The van der Waals surface area contributed by atoms with E-state index in [2.05, 4.69) is 76.1 Å². The molecule has 0 fully saturated rings. The molecule has 0 saturated carbocycles. The van der Waals surface area contributed by atoms with E-state index in [0.29, 0.717) is 6.04 Å². The lowest BCUT2D eigenvalue weighted by Gasteiger charge is -2.22. The van der Waals surface area contributed by atoms with Crippen molar-refractivity contribution in [2.24, 2.45) is 5.41 Å². The first kappa shape index (κ1) is 16.9. The van der Waals surface area contributed by atoms with Crippen molar-refractivity contribution in [3.8, 4) is 5.75 Å². The highest BCUT2D eigenvalue weighted by atomic mass is 16.5. The van der Waals surface area contributed by atoms with Crippen LogP contribution in [0.3, 0.4) is 0 Å². The second-order valence-corrected chi connectivity index (χ2v) is 7.60. The highest BCUT2D eigenvalue weighted by Crippen LogP contribution is 2.26. The van der Waals surface area contributed by atoms with Crippen LogP contribution in [0.5, 0.6) is 5.75 Å². The lowest BCUT2D eigenvalue weighted by molar-refractivity contribution is 0.198. The van der Waals surface area contributed by atoms with Gasteiger partial charge < -0.3 is 14.6 Å². The quantitative estimate of drug-likeness (QED) is 0.852. The van der Waals surface area contributed by atoms with Gasteiger partial charge in [-0.2, -0.15) is 0 Å². The maximum atomic E-state index is 5.96. The first-order chi connectivity index (χ1) is 10.3. The van der Waals surface area contributed by atoms with E-state index < -0.39 is 0 Å². The zero-order valence-electron chi connectivity index (χ0n) is 14.9. The molecule has 22 heavy (non-hydrogen) atoms. The van der Waals surface area contributed by atoms with Gasteiger partial charge in [-0.15, -0.1) is 0 Å². The number of hydrogen-bond donors (Lipinski definition) is 1. The molecule has 1 unspecified atom stereocenters. The lowest BCUT2D eigenvalue weighted by Crippen LogP contribution is -2.29. The minimum atomic E-state index is 0.175. The highest BCUT2D eigenvalue weighted by Gasteiger charge is 2.14. The summed E-state index contributed by atoms with van der Waals surface area (Å²) < 4.78 is 5.96. The minimum Gasteiger partial charge on any atom is -0.493 e. The van der Waals surface area contributed by atoms with E-state index in [1.165, 1.54) is 16.5 Å². The van der Waals surface area contributed by atoms with Crippen molar-refractivity contribution in [1.82, 2.24) is 9.88 Å². The van der Waals surface area contributed by atoms with Crippen molar-refractivity contribution in [1.29, 1.82) is 0 Å². The molecule has 1 aromatic heterocycles. The number of aromatic amines is 1. The lowest BCUT2D eigenvalue weighted by atomic mass is 9.98. The fraction of sp³-hybridized carbons (Fsp3) is 0.579. The Morgan fingerprint density at radius 1 is 1.23 bits per heavy atom. The molecule has 1 heterocycles. The molecule has 1 atom stereocenters. The predicted molar refractivity (Wildman–Crippen MR) is 94.7 cm³/mol. The molecule has 1 aromatic carbocycles. The molecular formula is C19H30N2O. The number of aromatic nitrogens is 1. The van der Waals surface area contributed by atoms with Crippen LogP contribution in [0.2, 0.25) is 0 Å². The summed E-state index contributed by atoms with van der Waals surface area (Å²) in [6, 6.07) is 6.92. The average molecular weight is 302 g/mol. The van der Waals surface area contributed by atoms with Crippen molar-refractivity contribution in [3.05, 3.63) is 30.0 Å². The van der Waals surface area contributed by atoms with Crippen LogP contribution >= 0.6 is 0 Å². The molecule has 0 spiro atoms. The second-order valence-electron chi connectivity index (χ2n) is 7.60. The Bertz CT molecular complexity index is 607. The van der Waals surface area contributed by atoms with Crippen molar-refractivity contribution >= 4 is 10.9 Å². The van der Waals surface area contributed by atoms with Crippen LogP contribution in [0.25, 0.3) is 10.9 Å². The topological polar surface area (TPSA) is 28.3 Å². The van der Waals surface area contributed by atoms with Gasteiger partial charge in [-0.3, -0.25) is 0 Å². The third-order valence-electron chi connectivity index (χ3n) is 4.07. The van der Waals surface area contributed by atoms with Crippen LogP contribution in [0.4, 0.5) is 0 Å². The molecule has 1 N–H and O–H groups in total. The monoisotopic (exact) mass is 302 g/mol. The number of ether oxygens (including phenoxy) is 1. The Morgan fingerprint density at radius 3 is 2.55 bits per heavy atom. The molecule has 0 radical (unpaired) electrons. The number of hydrogen-bond acceptors (Lipinski definition) is 2. The van der Waals surface area contributed by atoms with Gasteiger partial charge >= 0.3 is 0 Å². The Hall–Kier alpha value is -1.48. The van der Waals surface area contributed by atoms with Crippen LogP contribution < -0.4 is 4.74 Å². The van der Waals surface area contributed by atoms with Crippen molar-refractivity contribution in [3.63, 3.8) is 0 Å². The molecule has 122 valence electrons. The molecule has 3 nitrogen and oxygen atoms in total. The molecule has 0 aliphatic rings. The molecule has 2 rings (SSSR count). The van der Waals surface area contributed by atoms with Gasteiger partial charge in [0, 0.05) is 23.1 Å². The summed E-state index contributed by atoms with van der Waals surface area (Å²) in [5.74, 6) is 0.959. The number of likely N-dealkylation sites (N-methyl/N-ethyl adjacent to an activating group) is 1. The fourth-order valence-electron chi connectivity index (χ4n) is 2.66. The van der Waals surface area contributed by atoms with Gasteiger partial charge in [0.05, 0.1) is 6.61 Å². The summed E-state index contributed by atoms with van der Waals surface area (Å²) >= 11 is 0. The van der Waals surface area contributed by atoms with Gasteiger partial charge in [-0.1, -0.05) is 27.7 Å². The van der Waals surface area contributed by atoms with Crippen LogP contribution in [-0.2, 0) is 6.42 Å². The third kappa shape index (κ3) is 4.26. The minimum absolute atomic E-state index is 0.175. The van der Waals surface area contributed by atoms with Gasteiger partial charge in [0.25, 0.3) is 0 Å². The van der Waals surface area contributed by atoms with E-state index >= 15 is 0 Å². The van der Waals surface area contributed by atoms with E-state index in [0.717, 1.165) is 25.2 Å². The number of fused-ring (bicyclic) bond motifs is 1. The van der Waals surface area contributed by atoms with Gasteiger partial charge in [-0.05, 0) is 56.1 Å². The standard InChI is InChI=1S/C19H30N2O/c1-7-15(21(5)6)10-14-12-20-18-9-8-16(11-17(14)18)22-13-19(2,3)4/h8-9,11-12,15,20H,7,10,13H2,1-6H3. The van der Waals surface area contributed by atoms with Crippen molar-refractivity contribution < 1.29 is 4.74 Å². The van der Waals surface area contributed by atoms with Crippen LogP contribution in [0.1, 0.15) is 39.7 Å². The number of benzene rings is 1. The van der Waals surface area contributed by atoms with Gasteiger partial charge in [0.15, 0.2) is 0 Å². The van der Waals surface area contributed by atoms with E-state index in [4.69, 9.17) is 4.74 Å².